The Morgan fingerprint density at radius 2 is 1.91 bits per heavy atom. The molecule has 2 aromatic rings. The Labute approximate surface area is 193 Å². The fourth-order valence-electron chi connectivity index (χ4n) is 4.45. The second-order valence-electron chi connectivity index (χ2n) is 9.84. The molecule has 1 N–H and O–H groups in total. The van der Waals surface area contributed by atoms with E-state index in [4.69, 9.17) is 4.74 Å². The number of carbonyl (C=O) groups excluding carboxylic acids is 2. The summed E-state index contributed by atoms with van der Waals surface area (Å²) < 4.78 is 47.2. The molecule has 0 radical (unpaired) electrons. The van der Waals surface area contributed by atoms with E-state index in [0.29, 0.717) is 36.5 Å². The topological polar surface area (TPSA) is 89.3 Å². The molecule has 1 aliphatic carbocycles. The minimum absolute atomic E-state index is 0.0719. The number of amides is 2. The number of halogens is 3. The second kappa shape index (κ2) is 7.57. The van der Waals surface area contributed by atoms with E-state index in [1.165, 1.54) is 11.0 Å². The van der Waals surface area contributed by atoms with Crippen molar-refractivity contribution >= 4 is 28.9 Å². The van der Waals surface area contributed by atoms with E-state index >= 15 is 0 Å². The van der Waals surface area contributed by atoms with Gasteiger partial charge in [-0.1, -0.05) is 12.2 Å². The van der Waals surface area contributed by atoms with Crippen LogP contribution in [0, 0.1) is 5.92 Å². The Morgan fingerprint density at radius 3 is 2.59 bits per heavy atom. The van der Waals surface area contributed by atoms with Crippen LogP contribution in [0.15, 0.2) is 30.4 Å². The summed E-state index contributed by atoms with van der Waals surface area (Å²) in [6.07, 6.45) is 0.735. The number of rotatable bonds is 2. The average molecular weight is 475 g/mol. The highest BCUT2D eigenvalue weighted by atomic mass is 19.4. The third-order valence-electron chi connectivity index (χ3n) is 6.05. The smallest absolute Gasteiger partial charge is 0.433 e. The zero-order valence-corrected chi connectivity index (χ0v) is 18.9. The monoisotopic (exact) mass is 475 g/mol. The summed E-state index contributed by atoms with van der Waals surface area (Å²) in [5.41, 5.74) is -0.609. The van der Waals surface area contributed by atoms with Gasteiger partial charge in [-0.3, -0.25) is 9.36 Å². The lowest BCUT2D eigenvalue weighted by Gasteiger charge is -2.39. The first-order valence-electron chi connectivity index (χ1n) is 11.0. The Hall–Kier alpha value is -3.37. The maximum absolute atomic E-state index is 13.4. The van der Waals surface area contributed by atoms with Gasteiger partial charge in [0.2, 0.25) is 5.91 Å². The molecule has 11 heteroatoms. The molecule has 0 spiro atoms. The molecule has 2 amide bonds. The summed E-state index contributed by atoms with van der Waals surface area (Å²) in [4.78, 5) is 34.2. The highest BCUT2D eigenvalue weighted by Gasteiger charge is 2.40. The van der Waals surface area contributed by atoms with Crippen molar-refractivity contribution in [2.24, 2.45) is 5.92 Å². The Bertz CT molecular complexity index is 1230. The quantitative estimate of drug-likeness (QED) is 0.716. The molecule has 0 saturated carbocycles. The zero-order valence-electron chi connectivity index (χ0n) is 18.9. The van der Waals surface area contributed by atoms with Gasteiger partial charge >= 0.3 is 12.3 Å². The predicted molar refractivity (Wildman–Crippen MR) is 117 cm³/mol. The molecule has 4 heterocycles. The molecule has 2 aromatic heterocycles. The van der Waals surface area contributed by atoms with Crippen LogP contribution < -0.4 is 5.32 Å². The van der Waals surface area contributed by atoms with Gasteiger partial charge in [0.05, 0.1) is 12.0 Å². The molecule has 5 rings (SSSR count). The first-order chi connectivity index (χ1) is 15.9. The molecule has 8 nitrogen and oxygen atoms in total. The van der Waals surface area contributed by atoms with Crippen LogP contribution in [-0.2, 0) is 15.7 Å². The summed E-state index contributed by atoms with van der Waals surface area (Å²) in [6, 6.07) is 2.09. The van der Waals surface area contributed by atoms with Crippen molar-refractivity contribution in [2.45, 2.75) is 50.9 Å². The largest absolute Gasteiger partial charge is 0.444 e. The number of fused-ring (bicyclic) bond motifs is 2. The number of allylic oxidation sites excluding steroid dienone is 2. The van der Waals surface area contributed by atoms with Crippen LogP contribution >= 0.6 is 0 Å². The number of likely N-dealkylation sites (tertiary alicyclic amines) is 1. The molecule has 0 bridgehead atoms. The number of aromatic nitrogens is 3. The molecule has 34 heavy (non-hydrogen) atoms. The highest BCUT2D eigenvalue weighted by molar-refractivity contribution is 5.83. The van der Waals surface area contributed by atoms with Crippen molar-refractivity contribution in [1.82, 2.24) is 24.8 Å². The lowest BCUT2D eigenvalue weighted by Crippen LogP contribution is -2.50. The van der Waals surface area contributed by atoms with Crippen molar-refractivity contribution in [3.63, 3.8) is 0 Å². The number of hydrogen-bond acceptors (Lipinski definition) is 5. The van der Waals surface area contributed by atoms with Crippen LogP contribution in [0.4, 0.5) is 18.0 Å². The van der Waals surface area contributed by atoms with Gasteiger partial charge in [-0.25, -0.2) is 14.8 Å². The third-order valence-corrected chi connectivity index (χ3v) is 6.05. The second-order valence-corrected chi connectivity index (χ2v) is 9.84. The zero-order chi connectivity index (χ0) is 24.4. The number of ether oxygens (including phenoxy) is 1. The minimum Gasteiger partial charge on any atom is -0.444 e. The van der Waals surface area contributed by atoms with Crippen LogP contribution in [0.3, 0.4) is 0 Å². The summed E-state index contributed by atoms with van der Waals surface area (Å²) in [5, 5.41) is 2.87. The van der Waals surface area contributed by atoms with E-state index in [0.717, 1.165) is 6.07 Å². The molecule has 3 aliphatic rings. The number of alkyl halides is 3. The van der Waals surface area contributed by atoms with Gasteiger partial charge in [-0.05, 0) is 39.0 Å². The van der Waals surface area contributed by atoms with E-state index < -0.39 is 23.6 Å². The summed E-state index contributed by atoms with van der Waals surface area (Å²) >= 11 is 0. The van der Waals surface area contributed by atoms with Crippen molar-refractivity contribution in [3.8, 4) is 0 Å². The van der Waals surface area contributed by atoms with Crippen molar-refractivity contribution < 1.29 is 27.5 Å². The maximum Gasteiger partial charge on any atom is 0.433 e. The van der Waals surface area contributed by atoms with E-state index in [2.05, 4.69) is 15.3 Å². The molecular formula is C23H24F3N5O3. The normalized spacial score (nSPS) is 22.9. The molecule has 2 atom stereocenters. The van der Waals surface area contributed by atoms with Crippen LogP contribution in [-0.4, -0.2) is 56.2 Å². The number of carbonyl (C=O) groups is 2. The fraction of sp³-hybridized carbons (Fsp3) is 0.478. The molecule has 0 aromatic carbocycles. The highest BCUT2D eigenvalue weighted by Crippen LogP contribution is 2.36. The summed E-state index contributed by atoms with van der Waals surface area (Å²) in [6.45, 7) is 6.00. The minimum atomic E-state index is -4.60. The molecule has 2 fully saturated rings. The average Bonchev–Trinajstić information content (AvgIpc) is 3.22. The van der Waals surface area contributed by atoms with Gasteiger partial charge in [-0.2, -0.15) is 13.2 Å². The third kappa shape index (κ3) is 4.03. The number of nitrogens with one attached hydrogen (secondary N) is 1. The van der Waals surface area contributed by atoms with Crippen molar-refractivity contribution in [1.29, 1.82) is 0 Å². The molecule has 2 aliphatic heterocycles. The maximum atomic E-state index is 13.4. The first kappa shape index (κ1) is 22.4. The van der Waals surface area contributed by atoms with Crippen LogP contribution in [0.1, 0.15) is 44.6 Å². The molecule has 2 saturated heterocycles. The first-order valence-corrected chi connectivity index (χ1v) is 11.0. The van der Waals surface area contributed by atoms with Crippen LogP contribution in [0.25, 0.3) is 16.9 Å². The Kier molecular flexibility index (Phi) is 4.99. The molecule has 180 valence electrons. The number of nitrogens with zero attached hydrogens (tertiary/aromatic N) is 4. The van der Waals surface area contributed by atoms with Crippen molar-refractivity contribution in [2.75, 3.05) is 13.1 Å². The molecular weight excluding hydrogens is 451 g/mol. The molecule has 2 unspecified atom stereocenters. The van der Waals surface area contributed by atoms with Gasteiger partial charge < -0.3 is 15.0 Å². The summed E-state index contributed by atoms with van der Waals surface area (Å²) in [7, 11) is 0. The van der Waals surface area contributed by atoms with Gasteiger partial charge in [0.15, 0.2) is 5.65 Å². The van der Waals surface area contributed by atoms with Crippen LogP contribution in [0.5, 0.6) is 0 Å². The van der Waals surface area contributed by atoms with Crippen LogP contribution in [0.2, 0.25) is 0 Å². The number of hydrogen-bond donors (Lipinski definition) is 1. The van der Waals surface area contributed by atoms with Gasteiger partial charge in [0.1, 0.15) is 22.6 Å². The fourth-order valence-corrected chi connectivity index (χ4v) is 4.45. The standard InChI is InChI=1S/C23H24F3N5O3/c1-22(2,3)34-21(33)30-10-13(11-30)19-28-16-6-7-17(23(24,25)26)29-20(16)31(19)14-4-5-15-12(8-14)9-18(32)27-15/h4-8,12-13,15H,9-11H2,1-3H3,(H,27,32). The SMILES string of the molecule is CC(C)(C)OC(=O)N1CC(c2nc3ccc(C(F)(F)F)nc3n2C2=CC3CC(=O)NC3C=C2)C1. The Balaban J connectivity index is 1.52. The predicted octanol–water partition coefficient (Wildman–Crippen LogP) is 3.70. The van der Waals surface area contributed by atoms with Gasteiger partial charge in [0, 0.05) is 31.1 Å². The number of pyridine rings is 1. The Morgan fingerprint density at radius 1 is 1.18 bits per heavy atom. The van der Waals surface area contributed by atoms with Gasteiger partial charge in [-0.15, -0.1) is 0 Å². The van der Waals surface area contributed by atoms with E-state index in [1.807, 2.05) is 12.2 Å². The lowest BCUT2D eigenvalue weighted by molar-refractivity contribution is -0.141. The van der Waals surface area contributed by atoms with Crippen molar-refractivity contribution in [3.05, 3.63) is 41.9 Å². The van der Waals surface area contributed by atoms with E-state index in [9.17, 15) is 22.8 Å². The summed E-state index contributed by atoms with van der Waals surface area (Å²) in [5.74, 6) is 0.139. The number of imidazole rings is 1. The van der Waals surface area contributed by atoms with Gasteiger partial charge in [0.25, 0.3) is 0 Å². The van der Waals surface area contributed by atoms with E-state index in [1.54, 1.807) is 31.4 Å². The van der Waals surface area contributed by atoms with E-state index in [-0.39, 0.29) is 29.4 Å². The lowest BCUT2D eigenvalue weighted by atomic mass is 9.94.